The van der Waals surface area contributed by atoms with Crippen LogP contribution in [0.15, 0.2) is 64.6 Å². The van der Waals surface area contributed by atoms with Gasteiger partial charge in [-0.2, -0.15) is 27.3 Å². The van der Waals surface area contributed by atoms with Crippen molar-refractivity contribution in [2.75, 3.05) is 7.11 Å². The molecule has 0 aliphatic heterocycles. The van der Waals surface area contributed by atoms with E-state index in [0.29, 0.717) is 27.3 Å². The minimum absolute atomic E-state index is 0.0413. The van der Waals surface area contributed by atoms with Crippen molar-refractivity contribution in [3.8, 4) is 28.3 Å². The molecule has 0 bridgehead atoms. The van der Waals surface area contributed by atoms with Crippen LogP contribution < -0.4 is 16.1 Å². The minimum Gasteiger partial charge on any atom is -0.467 e. The molecule has 40 heavy (non-hydrogen) atoms. The summed E-state index contributed by atoms with van der Waals surface area (Å²) in [5.74, 6) is 0. The number of H-pyrrole nitrogens is 1. The predicted octanol–water partition coefficient (Wildman–Crippen LogP) is 3.08. The molecule has 0 unspecified atom stereocenters. The van der Waals surface area contributed by atoms with Crippen molar-refractivity contribution in [1.82, 2.24) is 44.0 Å². The zero-order valence-corrected chi connectivity index (χ0v) is 21.0. The molecule has 0 spiro atoms. The van der Waals surface area contributed by atoms with Crippen LogP contribution >= 0.6 is 11.6 Å². The Hall–Kier alpha value is -5.05. The van der Waals surface area contributed by atoms with Crippen LogP contribution in [-0.2, 0) is 12.7 Å². The molecule has 0 aliphatic carbocycles. The predicted molar refractivity (Wildman–Crippen MR) is 135 cm³/mol. The molecule has 6 aromatic rings. The number of halogens is 4. The number of hydrogen-bond acceptors (Lipinski definition) is 8. The molecule has 0 atom stereocenters. The van der Waals surface area contributed by atoms with Gasteiger partial charge in [0.05, 0.1) is 13.7 Å². The number of benzene rings is 1. The maximum Gasteiger partial charge on any atom is 0.433 e. The molecular weight excluding hydrogens is 555 g/mol. The lowest BCUT2D eigenvalue weighted by atomic mass is 9.98. The van der Waals surface area contributed by atoms with Crippen molar-refractivity contribution >= 4 is 22.9 Å². The van der Waals surface area contributed by atoms with Crippen molar-refractivity contribution in [2.45, 2.75) is 12.7 Å². The van der Waals surface area contributed by atoms with Gasteiger partial charge in [0.1, 0.15) is 5.69 Å². The lowest BCUT2D eigenvalue weighted by Crippen LogP contribution is -2.28. The van der Waals surface area contributed by atoms with Crippen molar-refractivity contribution in [2.24, 2.45) is 0 Å². The highest BCUT2D eigenvalue weighted by molar-refractivity contribution is 6.30. The zero-order chi connectivity index (χ0) is 28.2. The summed E-state index contributed by atoms with van der Waals surface area (Å²) < 4.78 is 47.0. The molecule has 1 N–H and O–H groups in total. The summed E-state index contributed by atoms with van der Waals surface area (Å²) in [5, 5.41) is 11.5. The molecule has 0 radical (unpaired) electrons. The molecule has 0 amide bonds. The van der Waals surface area contributed by atoms with E-state index in [9.17, 15) is 22.8 Å². The summed E-state index contributed by atoms with van der Waals surface area (Å²) >= 11 is 6.10. The molecule has 5 aromatic heterocycles. The fourth-order valence-electron chi connectivity index (χ4n) is 4.27. The molecule has 0 saturated heterocycles. The normalized spacial score (nSPS) is 11.9. The number of rotatable bonds is 5. The second kappa shape index (κ2) is 9.30. The average Bonchev–Trinajstić information content (AvgIpc) is 3.47. The van der Waals surface area contributed by atoms with Crippen molar-refractivity contribution < 1.29 is 17.9 Å². The summed E-state index contributed by atoms with van der Waals surface area (Å²) in [7, 11) is 1.41. The quantitative estimate of drug-likeness (QED) is 0.334. The SMILES string of the molecule is COc1ncc(-c2c(-c3ccc(Cl)cc3)c3n[nH]c(=O)n3n3c(=O)n(Cc4ccc(C(F)(F)F)nc4)nc23)cn1. The van der Waals surface area contributed by atoms with Gasteiger partial charge in [-0.1, -0.05) is 29.8 Å². The van der Waals surface area contributed by atoms with E-state index in [-0.39, 0.29) is 29.4 Å². The maximum atomic E-state index is 13.6. The van der Waals surface area contributed by atoms with E-state index in [1.165, 1.54) is 25.6 Å². The van der Waals surface area contributed by atoms with E-state index in [1.807, 2.05) is 0 Å². The van der Waals surface area contributed by atoms with Gasteiger partial charge >= 0.3 is 23.6 Å². The molecule has 6 rings (SSSR count). The van der Waals surface area contributed by atoms with Gasteiger partial charge in [0, 0.05) is 40.3 Å². The van der Waals surface area contributed by atoms with Crippen LogP contribution in [0.3, 0.4) is 0 Å². The van der Waals surface area contributed by atoms with Gasteiger partial charge in [-0.25, -0.2) is 29.3 Å². The Morgan fingerprint density at radius 1 is 0.900 bits per heavy atom. The van der Waals surface area contributed by atoms with Crippen LogP contribution in [0, 0.1) is 0 Å². The van der Waals surface area contributed by atoms with Gasteiger partial charge in [0.25, 0.3) is 0 Å². The Morgan fingerprint density at radius 2 is 1.60 bits per heavy atom. The van der Waals surface area contributed by atoms with Crippen LogP contribution in [0.4, 0.5) is 13.2 Å². The monoisotopic (exact) mass is 569 g/mol. The van der Waals surface area contributed by atoms with Crippen molar-refractivity contribution in [3.05, 3.63) is 92.2 Å². The highest BCUT2D eigenvalue weighted by atomic mass is 35.5. The van der Waals surface area contributed by atoms with Crippen LogP contribution in [-0.4, -0.2) is 51.1 Å². The third kappa shape index (κ3) is 4.16. The lowest BCUT2D eigenvalue weighted by Gasteiger charge is -2.12. The first kappa shape index (κ1) is 25.2. The van der Waals surface area contributed by atoms with Crippen LogP contribution in [0.5, 0.6) is 6.01 Å². The Morgan fingerprint density at radius 3 is 2.23 bits per heavy atom. The molecule has 5 heterocycles. The number of methoxy groups -OCH3 is 1. The van der Waals surface area contributed by atoms with E-state index < -0.39 is 23.2 Å². The van der Waals surface area contributed by atoms with E-state index in [2.05, 4.69) is 30.2 Å². The second-order valence-electron chi connectivity index (χ2n) is 8.50. The summed E-state index contributed by atoms with van der Waals surface area (Å²) in [4.78, 5) is 38.3. The Bertz CT molecular complexity index is 1990. The maximum absolute atomic E-state index is 13.6. The number of ether oxygens (including phenoxy) is 1. The fourth-order valence-corrected chi connectivity index (χ4v) is 4.40. The Kier molecular flexibility index (Phi) is 5.87. The van der Waals surface area contributed by atoms with E-state index in [0.717, 1.165) is 26.0 Å². The smallest absolute Gasteiger partial charge is 0.433 e. The van der Waals surface area contributed by atoms with Crippen molar-refractivity contribution in [1.29, 1.82) is 0 Å². The van der Waals surface area contributed by atoms with Gasteiger partial charge in [0.15, 0.2) is 11.3 Å². The zero-order valence-electron chi connectivity index (χ0n) is 20.2. The third-order valence-electron chi connectivity index (χ3n) is 6.05. The number of alkyl halides is 3. The van der Waals surface area contributed by atoms with Crippen LogP contribution in [0.1, 0.15) is 11.3 Å². The summed E-state index contributed by atoms with van der Waals surface area (Å²) in [5.41, 5.74) is -0.322. The first-order valence-electron chi connectivity index (χ1n) is 11.4. The lowest BCUT2D eigenvalue weighted by molar-refractivity contribution is -0.141. The number of aromatic amines is 1. The Labute approximate surface area is 225 Å². The molecule has 12 nitrogen and oxygen atoms in total. The van der Waals surface area contributed by atoms with E-state index in [1.54, 1.807) is 24.3 Å². The number of aromatic nitrogens is 9. The van der Waals surface area contributed by atoms with Crippen molar-refractivity contribution in [3.63, 3.8) is 0 Å². The molecular formula is C24H15ClF3N9O3. The molecule has 16 heteroatoms. The van der Waals surface area contributed by atoms with Crippen LogP contribution in [0.2, 0.25) is 5.02 Å². The van der Waals surface area contributed by atoms with Gasteiger partial charge in [-0.3, -0.25) is 4.98 Å². The first-order valence-corrected chi connectivity index (χ1v) is 11.8. The van der Waals surface area contributed by atoms with E-state index >= 15 is 0 Å². The number of nitrogens with zero attached hydrogens (tertiary/aromatic N) is 8. The number of pyridine rings is 1. The van der Waals surface area contributed by atoms with E-state index in [4.69, 9.17) is 16.3 Å². The molecule has 202 valence electrons. The number of nitrogens with one attached hydrogen (secondary N) is 1. The highest BCUT2D eigenvalue weighted by Gasteiger charge is 2.32. The molecule has 0 fully saturated rings. The number of hydrogen-bond donors (Lipinski definition) is 1. The second-order valence-corrected chi connectivity index (χ2v) is 8.94. The summed E-state index contributed by atoms with van der Waals surface area (Å²) in [6.45, 7) is -0.228. The number of fused-ring (bicyclic) bond motifs is 3. The summed E-state index contributed by atoms with van der Waals surface area (Å²) in [6.07, 6.45) is -0.674. The fraction of sp³-hybridized carbons (Fsp3) is 0.125. The van der Waals surface area contributed by atoms with Gasteiger partial charge in [0.2, 0.25) is 0 Å². The summed E-state index contributed by atoms with van der Waals surface area (Å²) in [6, 6.07) is 8.84. The topological polar surface area (TPSA) is 137 Å². The average molecular weight is 570 g/mol. The highest BCUT2D eigenvalue weighted by Crippen LogP contribution is 2.37. The largest absolute Gasteiger partial charge is 0.467 e. The third-order valence-corrected chi connectivity index (χ3v) is 6.30. The molecule has 1 aromatic carbocycles. The molecule has 0 aliphatic rings. The first-order chi connectivity index (χ1) is 19.2. The van der Waals surface area contributed by atoms with Gasteiger partial charge < -0.3 is 4.74 Å². The standard InChI is InChI=1S/C24H15ClF3N9O3/c1-40-21-30-9-14(10-31-21)18-17(13-3-5-15(25)6-4-13)19-32-33-22(38)36(19)37-20(18)34-35(23(37)39)11-12-2-7-16(29-8-12)24(26,27)28/h2-10H,11H2,1H3,(H,33,38). The Balaban J connectivity index is 1.65. The van der Waals surface area contributed by atoms with Gasteiger partial charge in [-0.15, -0.1) is 5.10 Å². The van der Waals surface area contributed by atoms with Gasteiger partial charge in [-0.05, 0) is 29.3 Å². The van der Waals surface area contributed by atoms with Crippen LogP contribution in [0.25, 0.3) is 33.5 Å². The minimum atomic E-state index is -4.61. The molecule has 0 saturated carbocycles.